The van der Waals surface area contributed by atoms with Crippen LogP contribution in [0.5, 0.6) is 0 Å². The number of nitrogens with zero attached hydrogens (tertiary/aromatic N) is 4. The maximum Gasteiger partial charge on any atom is 0.273 e. The molecule has 0 aromatic carbocycles. The van der Waals surface area contributed by atoms with Crippen molar-refractivity contribution < 1.29 is 4.79 Å². The van der Waals surface area contributed by atoms with Crippen molar-refractivity contribution in [1.82, 2.24) is 19.4 Å². The molecule has 1 aliphatic rings. The molecule has 0 bridgehead atoms. The van der Waals surface area contributed by atoms with Crippen LogP contribution in [-0.2, 0) is 13.0 Å². The minimum Gasteiger partial charge on any atom is -0.333 e. The van der Waals surface area contributed by atoms with Crippen LogP contribution in [-0.4, -0.2) is 31.9 Å². The van der Waals surface area contributed by atoms with Crippen molar-refractivity contribution in [2.75, 3.05) is 6.54 Å². The average Bonchev–Trinajstić information content (AvgIpc) is 3.22. The Morgan fingerprint density at radius 2 is 2.25 bits per heavy atom. The third kappa shape index (κ3) is 3.53. The molecule has 3 rings (SSSR count). The summed E-state index contributed by atoms with van der Waals surface area (Å²) in [4.78, 5) is 24.1. The lowest BCUT2D eigenvalue weighted by atomic mass is 10.0. The lowest BCUT2D eigenvalue weighted by Gasteiger charge is -2.35. The van der Waals surface area contributed by atoms with Crippen molar-refractivity contribution in [2.45, 2.75) is 59.0 Å². The molecular formula is C18H26N4OS. The summed E-state index contributed by atoms with van der Waals surface area (Å²) in [6.45, 7) is 8.13. The molecule has 1 aliphatic heterocycles. The van der Waals surface area contributed by atoms with E-state index in [1.165, 1.54) is 0 Å². The van der Waals surface area contributed by atoms with Gasteiger partial charge in [-0.3, -0.25) is 4.79 Å². The van der Waals surface area contributed by atoms with Crippen LogP contribution in [0, 0.1) is 5.92 Å². The van der Waals surface area contributed by atoms with Gasteiger partial charge in [0.05, 0.1) is 11.0 Å². The number of thiazole rings is 1. The van der Waals surface area contributed by atoms with Crippen LogP contribution >= 0.6 is 11.3 Å². The van der Waals surface area contributed by atoms with E-state index in [0.29, 0.717) is 11.6 Å². The molecule has 0 aliphatic carbocycles. The van der Waals surface area contributed by atoms with Gasteiger partial charge >= 0.3 is 0 Å². The Kier molecular flexibility index (Phi) is 5.33. The molecular weight excluding hydrogens is 320 g/mol. The first-order valence-electron chi connectivity index (χ1n) is 8.86. The number of rotatable bonds is 5. The number of imidazole rings is 1. The Bertz CT molecular complexity index is 691. The van der Waals surface area contributed by atoms with Crippen molar-refractivity contribution in [3.05, 3.63) is 34.3 Å². The summed E-state index contributed by atoms with van der Waals surface area (Å²) in [5.41, 5.74) is 0.595. The number of piperidine rings is 1. The van der Waals surface area contributed by atoms with Gasteiger partial charge in [-0.15, -0.1) is 11.3 Å². The molecule has 0 N–H and O–H groups in total. The molecule has 0 saturated carbocycles. The zero-order valence-corrected chi connectivity index (χ0v) is 15.6. The highest BCUT2D eigenvalue weighted by molar-refractivity contribution is 7.09. The second-order valence-electron chi connectivity index (χ2n) is 6.81. The standard InChI is InChI=1S/C18H26N4OS/c1-4-21-10-8-19-17(21)15-7-5-6-9-22(15)18(23)14-12-24-16(20-14)11-13(2)3/h8,10,12-13,15H,4-7,9,11H2,1-3H3. The van der Waals surface area contributed by atoms with Crippen LogP contribution in [0.3, 0.4) is 0 Å². The van der Waals surface area contributed by atoms with Crippen molar-refractivity contribution >= 4 is 17.2 Å². The van der Waals surface area contributed by atoms with Crippen molar-refractivity contribution in [3.8, 4) is 0 Å². The van der Waals surface area contributed by atoms with E-state index in [1.54, 1.807) is 11.3 Å². The van der Waals surface area contributed by atoms with E-state index in [4.69, 9.17) is 0 Å². The number of hydrogen-bond donors (Lipinski definition) is 0. The quantitative estimate of drug-likeness (QED) is 0.824. The van der Waals surface area contributed by atoms with E-state index >= 15 is 0 Å². The Morgan fingerprint density at radius 3 is 3.00 bits per heavy atom. The highest BCUT2D eigenvalue weighted by Gasteiger charge is 2.32. The summed E-state index contributed by atoms with van der Waals surface area (Å²) in [6.07, 6.45) is 7.93. The summed E-state index contributed by atoms with van der Waals surface area (Å²) >= 11 is 1.60. The topological polar surface area (TPSA) is 51.0 Å². The molecule has 0 radical (unpaired) electrons. The molecule has 1 saturated heterocycles. The first-order valence-corrected chi connectivity index (χ1v) is 9.74. The monoisotopic (exact) mass is 346 g/mol. The van der Waals surface area contributed by atoms with Crippen molar-refractivity contribution in [1.29, 1.82) is 0 Å². The van der Waals surface area contributed by atoms with Gasteiger partial charge < -0.3 is 9.47 Å². The van der Waals surface area contributed by atoms with Crippen LogP contribution in [0.4, 0.5) is 0 Å². The molecule has 3 heterocycles. The van der Waals surface area contributed by atoms with E-state index in [-0.39, 0.29) is 11.9 Å². The third-order valence-electron chi connectivity index (χ3n) is 4.50. The summed E-state index contributed by atoms with van der Waals surface area (Å²) in [7, 11) is 0. The molecule has 5 nitrogen and oxygen atoms in total. The van der Waals surface area contributed by atoms with Gasteiger partial charge in [-0.25, -0.2) is 9.97 Å². The normalized spacial score (nSPS) is 18.3. The van der Waals surface area contributed by atoms with E-state index in [9.17, 15) is 4.79 Å². The average molecular weight is 347 g/mol. The zero-order valence-electron chi connectivity index (χ0n) is 14.7. The smallest absolute Gasteiger partial charge is 0.273 e. The summed E-state index contributed by atoms with van der Waals surface area (Å²) in [6, 6.07) is 0.0662. The number of likely N-dealkylation sites (tertiary alicyclic amines) is 1. The predicted molar refractivity (Wildman–Crippen MR) is 96.2 cm³/mol. The van der Waals surface area contributed by atoms with Gasteiger partial charge in [-0.2, -0.15) is 0 Å². The molecule has 24 heavy (non-hydrogen) atoms. The summed E-state index contributed by atoms with van der Waals surface area (Å²) in [5.74, 6) is 1.61. The number of hydrogen-bond acceptors (Lipinski definition) is 4. The van der Waals surface area contributed by atoms with Crippen molar-refractivity contribution in [3.63, 3.8) is 0 Å². The van der Waals surface area contributed by atoms with E-state index in [2.05, 4.69) is 35.3 Å². The second kappa shape index (κ2) is 7.47. The molecule has 6 heteroatoms. The molecule has 2 aromatic rings. The maximum absolute atomic E-state index is 13.0. The maximum atomic E-state index is 13.0. The van der Waals surface area contributed by atoms with Gasteiger partial charge in [0.1, 0.15) is 11.5 Å². The largest absolute Gasteiger partial charge is 0.333 e. The summed E-state index contributed by atoms with van der Waals surface area (Å²) in [5, 5.41) is 2.97. The first-order chi connectivity index (χ1) is 11.6. The number of carbonyl (C=O) groups is 1. The van der Waals surface area contributed by atoms with E-state index in [1.807, 2.05) is 22.7 Å². The highest BCUT2D eigenvalue weighted by Crippen LogP contribution is 2.31. The lowest BCUT2D eigenvalue weighted by Crippen LogP contribution is -2.39. The SMILES string of the molecule is CCn1ccnc1C1CCCCN1C(=O)c1csc(CC(C)C)n1. The highest BCUT2D eigenvalue weighted by atomic mass is 32.1. The number of aryl methyl sites for hydroxylation is 1. The summed E-state index contributed by atoms with van der Waals surface area (Å²) < 4.78 is 2.14. The van der Waals surface area contributed by atoms with Gasteiger partial charge in [-0.1, -0.05) is 13.8 Å². The molecule has 0 spiro atoms. The zero-order chi connectivity index (χ0) is 17.1. The van der Waals surface area contributed by atoms with Crippen LogP contribution in [0.2, 0.25) is 0 Å². The van der Waals surface area contributed by atoms with Gasteiger partial charge in [-0.05, 0) is 32.1 Å². The Morgan fingerprint density at radius 1 is 1.42 bits per heavy atom. The van der Waals surface area contributed by atoms with Gasteiger partial charge in [0.25, 0.3) is 5.91 Å². The fourth-order valence-corrected chi connectivity index (χ4v) is 4.31. The lowest BCUT2D eigenvalue weighted by molar-refractivity contribution is 0.0589. The van der Waals surface area contributed by atoms with Crippen LogP contribution in [0.1, 0.15) is 67.4 Å². The first kappa shape index (κ1) is 17.1. The Hall–Kier alpha value is -1.69. The van der Waals surface area contributed by atoms with Crippen LogP contribution in [0.15, 0.2) is 17.8 Å². The minimum atomic E-state index is 0.0524. The second-order valence-corrected chi connectivity index (χ2v) is 7.75. The third-order valence-corrected chi connectivity index (χ3v) is 5.37. The molecule has 130 valence electrons. The molecule has 1 unspecified atom stereocenters. The van der Waals surface area contributed by atoms with E-state index in [0.717, 1.165) is 49.6 Å². The van der Waals surface area contributed by atoms with Crippen molar-refractivity contribution in [2.24, 2.45) is 5.92 Å². The Balaban J connectivity index is 1.82. The number of carbonyl (C=O) groups excluding carboxylic acids is 1. The molecule has 1 fully saturated rings. The number of amides is 1. The fraction of sp³-hybridized carbons (Fsp3) is 0.611. The molecule has 1 amide bonds. The molecule has 2 aromatic heterocycles. The van der Waals surface area contributed by atoms with Gasteiger partial charge in [0.2, 0.25) is 0 Å². The molecule has 1 atom stereocenters. The fourth-order valence-electron chi connectivity index (χ4n) is 3.33. The van der Waals surface area contributed by atoms with Crippen LogP contribution < -0.4 is 0 Å². The van der Waals surface area contributed by atoms with Crippen LogP contribution in [0.25, 0.3) is 0 Å². The minimum absolute atomic E-state index is 0.0524. The van der Waals surface area contributed by atoms with E-state index < -0.39 is 0 Å². The van der Waals surface area contributed by atoms with Gasteiger partial charge in [0, 0.05) is 37.3 Å². The van der Waals surface area contributed by atoms with Gasteiger partial charge in [0.15, 0.2) is 0 Å². The Labute approximate surface area is 147 Å². The number of aromatic nitrogens is 3. The predicted octanol–water partition coefficient (Wildman–Crippen LogP) is 3.93.